The van der Waals surface area contributed by atoms with E-state index < -0.39 is 11.9 Å². The molecule has 15 rings (SSSR count). The highest BCUT2D eigenvalue weighted by Crippen LogP contribution is 2.58. The zero-order chi connectivity index (χ0) is 78.9. The topological polar surface area (TPSA) is 90.0 Å². The SMILES string of the molecule is C=C(C)CC(C)(C)c1ccc(Oc2ccc3c(N(c4ccc(N(C)C)cc4)c4ccc(N(C)C)cc4)cc(Oc4ccc(C(C)(C)CC(=C)C)cc4)c4c5ccc6c7c(Oc8ccc(C(C)(C)CC(=C)C)cc8)cc8c9c(cc(Oc%10ccc(C(C)(C)CC(C)(C)C)cc%10)c(c%10ccc(c2c34)c5c%106)c97)C(=O)OC8=O)cc1. The lowest BCUT2D eigenvalue weighted by atomic mass is 9.72. The first-order valence-corrected chi connectivity index (χ1v) is 38.6. The maximum absolute atomic E-state index is 14.7. The molecule has 0 aromatic heterocycles. The zero-order valence-corrected chi connectivity index (χ0v) is 67.7. The van der Waals surface area contributed by atoms with Gasteiger partial charge in [0.1, 0.15) is 46.0 Å². The lowest BCUT2D eigenvalue weighted by molar-refractivity contribution is 0.0390. The first-order chi connectivity index (χ1) is 52.5. The number of anilines is 5. The Kier molecular flexibility index (Phi) is 18.7. The van der Waals surface area contributed by atoms with Crippen LogP contribution in [-0.4, -0.2) is 40.1 Å². The Labute approximate surface area is 653 Å². The number of esters is 2. The first-order valence-electron chi connectivity index (χ1n) is 38.6. The van der Waals surface area contributed by atoms with E-state index in [-0.39, 0.29) is 38.2 Å². The third kappa shape index (κ3) is 13.9. The van der Waals surface area contributed by atoms with Crippen LogP contribution in [0.2, 0.25) is 0 Å². The number of benzene rings is 14. The molecule has 0 amide bonds. The molecular formula is C101H101N3O7. The normalized spacial score (nSPS) is 13.0. The molecule has 1 aliphatic rings. The number of carbonyl (C=O) groups excluding carboxylic acids is 2. The van der Waals surface area contributed by atoms with E-state index in [4.69, 9.17) is 23.7 Å². The molecule has 0 N–H and O–H groups in total. The molecule has 0 aliphatic carbocycles. The van der Waals surface area contributed by atoms with Crippen molar-refractivity contribution in [2.24, 2.45) is 5.41 Å². The fraction of sp³-hybridized carbons (Fsp3) is 0.267. The Morgan fingerprint density at radius 1 is 0.324 bits per heavy atom. The second-order valence-corrected chi connectivity index (χ2v) is 35.6. The van der Waals surface area contributed by atoms with Gasteiger partial charge in [0, 0.05) is 100 Å². The van der Waals surface area contributed by atoms with Gasteiger partial charge >= 0.3 is 11.9 Å². The van der Waals surface area contributed by atoms with Crippen LogP contribution in [0.3, 0.4) is 0 Å². The molecule has 0 saturated carbocycles. The summed E-state index contributed by atoms with van der Waals surface area (Å²) in [7, 11) is 8.25. The maximum atomic E-state index is 14.7. The van der Waals surface area contributed by atoms with Crippen molar-refractivity contribution in [3.05, 3.63) is 270 Å². The molecule has 0 saturated heterocycles. The van der Waals surface area contributed by atoms with E-state index in [1.807, 2.05) is 24.3 Å². The van der Waals surface area contributed by atoms with E-state index in [2.05, 4.69) is 323 Å². The third-order valence-electron chi connectivity index (χ3n) is 22.6. The Morgan fingerprint density at radius 3 is 0.955 bits per heavy atom. The van der Waals surface area contributed by atoms with Crippen LogP contribution >= 0.6 is 0 Å². The molecular weight excluding hydrogens is 1370 g/mol. The second-order valence-electron chi connectivity index (χ2n) is 35.6. The fourth-order valence-corrected chi connectivity index (χ4v) is 18.1. The molecule has 562 valence electrons. The summed E-state index contributed by atoms with van der Waals surface area (Å²) in [6.45, 7) is 44.0. The number of allylic oxidation sites excluding steroid dienone is 3. The molecule has 10 nitrogen and oxygen atoms in total. The Bertz CT molecular complexity index is 5970. The predicted molar refractivity (Wildman–Crippen MR) is 465 cm³/mol. The van der Waals surface area contributed by atoms with Crippen LogP contribution in [-0.2, 0) is 26.4 Å². The van der Waals surface area contributed by atoms with Crippen molar-refractivity contribution in [2.45, 2.75) is 144 Å². The van der Waals surface area contributed by atoms with E-state index in [0.717, 1.165) is 130 Å². The average Bonchev–Trinajstić information content (AvgIpc) is 0.674. The van der Waals surface area contributed by atoms with Crippen molar-refractivity contribution in [3.8, 4) is 46.0 Å². The number of ether oxygens (including phenoxy) is 5. The summed E-state index contributed by atoms with van der Waals surface area (Å²) in [4.78, 5) is 35.9. The van der Waals surface area contributed by atoms with Crippen molar-refractivity contribution in [3.63, 3.8) is 0 Å². The van der Waals surface area contributed by atoms with Crippen LogP contribution in [0.4, 0.5) is 28.4 Å². The minimum Gasteiger partial charge on any atom is -0.457 e. The summed E-state index contributed by atoms with van der Waals surface area (Å²) in [6.07, 6.45) is 3.41. The number of nitrogens with zero attached hydrogens (tertiary/aromatic N) is 3. The maximum Gasteiger partial charge on any atom is 0.346 e. The number of cyclic esters (lactones) is 2. The van der Waals surface area contributed by atoms with Crippen LogP contribution in [0.15, 0.2) is 237 Å². The van der Waals surface area contributed by atoms with E-state index in [1.54, 1.807) is 12.1 Å². The first kappa shape index (κ1) is 74.8. The van der Waals surface area contributed by atoms with Crippen molar-refractivity contribution in [2.75, 3.05) is 42.9 Å². The summed E-state index contributed by atoms with van der Waals surface area (Å²) in [5, 5.41) is 11.4. The molecule has 0 atom stereocenters. The van der Waals surface area contributed by atoms with Crippen molar-refractivity contribution < 1.29 is 33.3 Å². The molecule has 1 heterocycles. The number of hydrogen-bond donors (Lipinski definition) is 0. The van der Waals surface area contributed by atoms with Crippen LogP contribution in [0.1, 0.15) is 166 Å². The van der Waals surface area contributed by atoms with Gasteiger partial charge in [-0.3, -0.25) is 0 Å². The quantitative estimate of drug-likeness (QED) is 0.0192. The van der Waals surface area contributed by atoms with Gasteiger partial charge in [0.05, 0.1) is 16.8 Å². The van der Waals surface area contributed by atoms with Crippen LogP contribution < -0.4 is 33.6 Å². The molecule has 0 unspecified atom stereocenters. The number of carbonyl (C=O) groups is 2. The summed E-state index contributed by atoms with van der Waals surface area (Å²) in [5.74, 6) is 2.99. The monoisotopic (exact) mass is 1470 g/mol. The molecule has 1 aliphatic heterocycles. The minimum atomic E-state index is -0.765. The molecule has 0 fully saturated rings. The number of hydrogen-bond acceptors (Lipinski definition) is 10. The predicted octanol–water partition coefficient (Wildman–Crippen LogP) is 28.2. The van der Waals surface area contributed by atoms with Gasteiger partial charge in [-0.1, -0.05) is 166 Å². The van der Waals surface area contributed by atoms with Gasteiger partial charge in [-0.2, -0.15) is 0 Å². The van der Waals surface area contributed by atoms with Gasteiger partial charge in [0.25, 0.3) is 0 Å². The highest BCUT2D eigenvalue weighted by atomic mass is 16.6. The highest BCUT2D eigenvalue weighted by Gasteiger charge is 2.37. The zero-order valence-electron chi connectivity index (χ0n) is 67.7. The summed E-state index contributed by atoms with van der Waals surface area (Å²) >= 11 is 0. The van der Waals surface area contributed by atoms with E-state index in [1.165, 1.54) is 16.7 Å². The van der Waals surface area contributed by atoms with E-state index in [9.17, 15) is 9.59 Å². The van der Waals surface area contributed by atoms with Crippen LogP contribution in [0.25, 0.3) is 75.4 Å². The minimum absolute atomic E-state index is 0.0784. The Balaban J connectivity index is 1.09. The third-order valence-corrected chi connectivity index (χ3v) is 22.6. The molecule has 14 aromatic carbocycles. The highest BCUT2D eigenvalue weighted by molar-refractivity contribution is 6.46. The summed E-state index contributed by atoms with van der Waals surface area (Å²) in [6, 6.07) is 69.9. The summed E-state index contributed by atoms with van der Waals surface area (Å²) in [5.41, 5.74) is 12.6. The Hall–Kier alpha value is -11.6. The largest absolute Gasteiger partial charge is 0.457 e. The smallest absolute Gasteiger partial charge is 0.346 e. The van der Waals surface area contributed by atoms with Gasteiger partial charge in [-0.25, -0.2) is 9.59 Å². The lowest BCUT2D eigenvalue weighted by Gasteiger charge is -2.33. The second kappa shape index (κ2) is 27.7. The fourth-order valence-electron chi connectivity index (χ4n) is 18.1. The van der Waals surface area contributed by atoms with Gasteiger partial charge < -0.3 is 38.4 Å². The lowest BCUT2D eigenvalue weighted by Crippen LogP contribution is -2.24. The van der Waals surface area contributed by atoms with Crippen LogP contribution in [0.5, 0.6) is 46.0 Å². The van der Waals surface area contributed by atoms with Crippen molar-refractivity contribution in [1.29, 1.82) is 0 Å². The standard InChI is InChI=1S/C101H101N3O7/c1-59(2)55-98(10,11)62-22-38-70(39-23-62)107-82-51-50-74-81(104(68-34-30-66(31-35-68)102(18)19)69-36-32-67(33-37-69)103(20)21)54-85(110-73-42-26-64(27-43-73)100(14,15)57-61(5)6)90-76-47-49-78-87-77(48-46-75(86(76)87)89(82)93(74)90)91-84(109-72-44-28-65(29-45-72)101(16,17)58-97(7,8)9)53-80-88-79(95(105)111-96(80)106)52-83(92(78)94(88)91)108-71-40-24-63(25-41-71)99(12,13)56-60(3)4/h22-54H,1,3,5,55-58H2,2,4,6-21H3. The van der Waals surface area contributed by atoms with Crippen LogP contribution in [0, 0.1) is 5.41 Å². The number of fused-ring (bicyclic) bond motifs is 4. The van der Waals surface area contributed by atoms with Gasteiger partial charge in [-0.15, -0.1) is 19.7 Å². The molecule has 0 radical (unpaired) electrons. The molecule has 14 aromatic rings. The Morgan fingerprint density at radius 2 is 0.622 bits per heavy atom. The molecule has 0 bridgehead atoms. The summed E-state index contributed by atoms with van der Waals surface area (Å²) < 4.78 is 35.6. The average molecular weight is 1470 g/mol. The molecule has 111 heavy (non-hydrogen) atoms. The van der Waals surface area contributed by atoms with E-state index in [0.29, 0.717) is 67.5 Å². The van der Waals surface area contributed by atoms with Gasteiger partial charge in [-0.05, 0) is 249 Å². The van der Waals surface area contributed by atoms with Gasteiger partial charge in [0.15, 0.2) is 0 Å². The van der Waals surface area contributed by atoms with Crippen molar-refractivity contribution in [1.82, 2.24) is 0 Å². The molecule has 10 heteroatoms. The number of rotatable bonds is 24. The van der Waals surface area contributed by atoms with Crippen molar-refractivity contribution >= 4 is 116 Å². The van der Waals surface area contributed by atoms with E-state index >= 15 is 0 Å². The molecule has 0 spiro atoms. The van der Waals surface area contributed by atoms with Gasteiger partial charge in [0.2, 0.25) is 0 Å².